The second-order valence-electron chi connectivity index (χ2n) is 7.02. The summed E-state index contributed by atoms with van der Waals surface area (Å²) in [5.74, 6) is -2.17. The number of carbonyl (C=O) groups excluding carboxylic acids is 3. The summed E-state index contributed by atoms with van der Waals surface area (Å²) in [4.78, 5) is 41.2. The Labute approximate surface area is 173 Å². The molecule has 2 aromatic carbocycles. The van der Waals surface area contributed by atoms with Gasteiger partial charge >= 0.3 is 12.1 Å². The molecule has 0 spiro atoms. The number of ether oxygens (including phenoxy) is 1. The van der Waals surface area contributed by atoms with Gasteiger partial charge in [-0.15, -0.1) is 0 Å². The molecule has 2 amide bonds. The molecule has 1 atom stereocenters. The predicted octanol–water partition coefficient (Wildman–Crippen LogP) is 3.72. The van der Waals surface area contributed by atoms with Crippen molar-refractivity contribution in [3.8, 4) is 0 Å². The van der Waals surface area contributed by atoms with Crippen LogP contribution in [0.2, 0.25) is 0 Å². The highest BCUT2D eigenvalue weighted by Crippen LogP contribution is 2.37. The zero-order chi connectivity index (χ0) is 22.3. The van der Waals surface area contributed by atoms with Crippen LogP contribution in [0.4, 0.5) is 24.5 Å². The summed E-state index contributed by atoms with van der Waals surface area (Å²) in [5.41, 5.74) is -0.151. The van der Waals surface area contributed by atoms with Crippen molar-refractivity contribution in [2.45, 2.75) is 19.2 Å². The van der Waals surface area contributed by atoms with Crippen LogP contribution >= 0.6 is 0 Å². The zero-order valence-corrected chi connectivity index (χ0v) is 16.1. The minimum Gasteiger partial charge on any atom is -0.448 e. The number of fused-ring (bicyclic) bond motifs is 2. The van der Waals surface area contributed by atoms with Crippen molar-refractivity contribution >= 4 is 40.1 Å². The van der Waals surface area contributed by atoms with Gasteiger partial charge in [-0.1, -0.05) is 18.2 Å². The van der Waals surface area contributed by atoms with Gasteiger partial charge in [-0.25, -0.2) is 4.79 Å². The Balaban J connectivity index is 1.55. The summed E-state index contributed by atoms with van der Waals surface area (Å²) in [6.07, 6.45) is -5.88. The van der Waals surface area contributed by atoms with Gasteiger partial charge in [0.05, 0.1) is 16.9 Å². The Hall–Kier alpha value is -3.82. The van der Waals surface area contributed by atoms with Crippen molar-refractivity contribution in [2.24, 2.45) is 0 Å². The third kappa shape index (κ3) is 3.96. The number of alkyl halides is 3. The molecule has 1 aliphatic heterocycles. The summed E-state index contributed by atoms with van der Waals surface area (Å²) in [5, 5.41) is 3.12. The molecule has 1 aliphatic rings. The molecule has 31 heavy (non-hydrogen) atoms. The lowest BCUT2D eigenvalue weighted by Gasteiger charge is -2.31. The Morgan fingerprint density at radius 1 is 1.13 bits per heavy atom. The van der Waals surface area contributed by atoms with E-state index in [1.807, 2.05) is 0 Å². The number of hydrogen-bond acceptors (Lipinski definition) is 4. The fourth-order valence-electron chi connectivity index (χ4n) is 3.34. The van der Waals surface area contributed by atoms with Gasteiger partial charge in [0.1, 0.15) is 12.2 Å². The van der Waals surface area contributed by atoms with Gasteiger partial charge < -0.3 is 15.0 Å². The van der Waals surface area contributed by atoms with Crippen LogP contribution in [0.5, 0.6) is 0 Å². The maximum Gasteiger partial charge on any atom is 0.416 e. The molecule has 0 fully saturated rings. The zero-order valence-electron chi connectivity index (χ0n) is 16.1. The molecular weight excluding hydrogens is 415 g/mol. The number of amides is 2. The lowest BCUT2D eigenvalue weighted by Crippen LogP contribution is -2.47. The van der Waals surface area contributed by atoms with Crippen molar-refractivity contribution in [3.63, 3.8) is 0 Å². The quantitative estimate of drug-likeness (QED) is 0.619. The van der Waals surface area contributed by atoms with E-state index in [2.05, 4.69) is 10.3 Å². The number of rotatable bonds is 3. The maximum absolute atomic E-state index is 13.0. The van der Waals surface area contributed by atoms with E-state index in [1.54, 1.807) is 30.3 Å². The number of carbonyl (C=O) groups is 3. The molecule has 1 unspecified atom stereocenters. The van der Waals surface area contributed by atoms with Crippen LogP contribution in [0.15, 0.2) is 48.5 Å². The second-order valence-corrected chi connectivity index (χ2v) is 7.02. The first-order valence-corrected chi connectivity index (χ1v) is 9.24. The molecule has 2 heterocycles. The highest BCUT2D eigenvalue weighted by atomic mass is 19.4. The van der Waals surface area contributed by atoms with Gasteiger partial charge in [-0.2, -0.15) is 13.2 Å². The second kappa shape index (κ2) is 7.46. The SMILES string of the molecule is CC(OC(=O)c1cc2ccccc2[nH]1)C(=O)N1CC(=O)Nc2cc(C(F)(F)F)ccc21. The number of nitrogens with zero attached hydrogens (tertiary/aromatic N) is 1. The van der Waals surface area contributed by atoms with Crippen LogP contribution in [-0.4, -0.2) is 35.4 Å². The molecule has 4 rings (SSSR count). The molecule has 160 valence electrons. The summed E-state index contributed by atoms with van der Waals surface area (Å²) >= 11 is 0. The van der Waals surface area contributed by atoms with Gasteiger partial charge in [0.25, 0.3) is 5.91 Å². The predicted molar refractivity (Wildman–Crippen MR) is 106 cm³/mol. The lowest BCUT2D eigenvalue weighted by molar-refractivity contribution is -0.137. The standard InChI is InChI=1S/C21H16F3N3O4/c1-11(31-20(30)16-8-12-4-2-3-5-14(12)25-16)19(29)27-10-18(28)26-15-9-13(21(22,23)24)6-7-17(15)27/h2-9,11,25H,10H2,1H3,(H,26,28). The molecule has 0 saturated heterocycles. The minimum absolute atomic E-state index is 0.0890. The van der Waals surface area contributed by atoms with Crippen LogP contribution in [0.1, 0.15) is 23.0 Å². The van der Waals surface area contributed by atoms with Crippen LogP contribution < -0.4 is 10.2 Å². The Morgan fingerprint density at radius 2 is 1.87 bits per heavy atom. The fraction of sp³-hybridized carbons (Fsp3) is 0.190. The van der Waals surface area contributed by atoms with Gasteiger partial charge in [-0.05, 0) is 37.3 Å². The molecule has 2 N–H and O–H groups in total. The van der Waals surface area contributed by atoms with Crippen molar-refractivity contribution in [1.82, 2.24) is 4.98 Å². The summed E-state index contributed by atoms with van der Waals surface area (Å²) < 4.78 is 44.1. The topological polar surface area (TPSA) is 91.5 Å². The number of aromatic nitrogens is 1. The number of esters is 1. The Bertz CT molecular complexity index is 1170. The van der Waals surface area contributed by atoms with Crippen molar-refractivity contribution < 1.29 is 32.3 Å². The Morgan fingerprint density at radius 3 is 2.58 bits per heavy atom. The third-order valence-corrected chi connectivity index (χ3v) is 4.84. The van der Waals surface area contributed by atoms with E-state index in [0.29, 0.717) is 0 Å². The molecule has 0 radical (unpaired) electrons. The average molecular weight is 431 g/mol. The number of para-hydroxylation sites is 1. The summed E-state index contributed by atoms with van der Waals surface area (Å²) in [6, 6.07) is 11.4. The molecule has 1 aromatic heterocycles. The molecular formula is C21H16F3N3O4. The fourth-order valence-corrected chi connectivity index (χ4v) is 3.34. The van der Waals surface area contributed by atoms with Crippen LogP contribution in [0.3, 0.4) is 0 Å². The van der Waals surface area contributed by atoms with Crippen molar-refractivity contribution in [1.29, 1.82) is 0 Å². The number of H-pyrrole nitrogens is 1. The average Bonchev–Trinajstić information content (AvgIpc) is 3.16. The van der Waals surface area contributed by atoms with Crippen LogP contribution in [-0.2, 0) is 20.5 Å². The minimum atomic E-state index is -4.60. The van der Waals surface area contributed by atoms with E-state index < -0.39 is 42.2 Å². The molecule has 0 saturated carbocycles. The van der Waals surface area contributed by atoms with E-state index in [1.165, 1.54) is 6.92 Å². The molecule has 10 heteroatoms. The van der Waals surface area contributed by atoms with E-state index >= 15 is 0 Å². The molecule has 0 aliphatic carbocycles. The first kappa shape index (κ1) is 20.5. The van der Waals surface area contributed by atoms with E-state index in [0.717, 1.165) is 34.0 Å². The smallest absolute Gasteiger partial charge is 0.416 e. The van der Waals surface area contributed by atoms with Gasteiger partial charge in [-0.3, -0.25) is 14.5 Å². The molecule has 3 aromatic rings. The van der Waals surface area contributed by atoms with Crippen LogP contribution in [0, 0.1) is 0 Å². The van der Waals surface area contributed by atoms with Crippen molar-refractivity contribution in [3.05, 3.63) is 59.8 Å². The van der Waals surface area contributed by atoms with Crippen molar-refractivity contribution in [2.75, 3.05) is 16.8 Å². The molecule has 7 nitrogen and oxygen atoms in total. The number of benzene rings is 2. The number of anilines is 2. The Kier molecular flexibility index (Phi) is 4.92. The summed E-state index contributed by atoms with van der Waals surface area (Å²) in [6.45, 7) is 0.921. The largest absolute Gasteiger partial charge is 0.448 e. The number of aromatic amines is 1. The molecule has 0 bridgehead atoms. The van der Waals surface area contributed by atoms with Gasteiger partial charge in [0, 0.05) is 10.9 Å². The van der Waals surface area contributed by atoms with E-state index in [4.69, 9.17) is 4.74 Å². The van der Waals surface area contributed by atoms with Gasteiger partial charge in [0.15, 0.2) is 6.10 Å². The van der Waals surface area contributed by atoms with Crippen LogP contribution in [0.25, 0.3) is 10.9 Å². The highest BCUT2D eigenvalue weighted by molar-refractivity contribution is 6.11. The van der Waals surface area contributed by atoms with Gasteiger partial charge in [0.2, 0.25) is 5.91 Å². The monoisotopic (exact) mass is 431 g/mol. The third-order valence-electron chi connectivity index (χ3n) is 4.84. The number of halogens is 3. The first-order chi connectivity index (χ1) is 14.6. The first-order valence-electron chi connectivity index (χ1n) is 9.24. The summed E-state index contributed by atoms with van der Waals surface area (Å²) in [7, 11) is 0. The van der Waals surface area contributed by atoms with E-state index in [9.17, 15) is 27.6 Å². The highest BCUT2D eigenvalue weighted by Gasteiger charge is 2.35. The number of hydrogen-bond donors (Lipinski definition) is 2. The maximum atomic E-state index is 13.0. The normalized spacial score (nSPS) is 14.7. The number of nitrogens with one attached hydrogen (secondary N) is 2. The lowest BCUT2D eigenvalue weighted by atomic mass is 10.1. The van der Waals surface area contributed by atoms with E-state index in [-0.39, 0.29) is 17.1 Å².